The number of carbonyl (C=O) groups is 1. The maximum Gasteiger partial charge on any atom is 0.358 e. The molecule has 0 aliphatic rings. The number of aryl methyl sites for hydroxylation is 1. The van der Waals surface area contributed by atoms with Gasteiger partial charge in [0.2, 0.25) is 0 Å². The van der Waals surface area contributed by atoms with Gasteiger partial charge in [-0.25, -0.2) is 9.48 Å². The first-order chi connectivity index (χ1) is 9.04. The fourth-order valence-corrected chi connectivity index (χ4v) is 2.01. The molecule has 2 rings (SSSR count). The Morgan fingerprint density at radius 2 is 2.26 bits per heavy atom. The Morgan fingerprint density at radius 1 is 1.53 bits per heavy atom. The van der Waals surface area contributed by atoms with Crippen molar-refractivity contribution >= 4 is 17.6 Å². The molecule has 0 aliphatic carbocycles. The number of nitrogens with zero attached hydrogens (tertiary/aromatic N) is 3. The number of methoxy groups -OCH3 is 1. The number of ether oxygens (including phenoxy) is 1. The van der Waals surface area contributed by atoms with Crippen LogP contribution in [0.15, 0.2) is 18.2 Å². The van der Waals surface area contributed by atoms with Gasteiger partial charge in [-0.05, 0) is 30.7 Å². The van der Waals surface area contributed by atoms with Crippen LogP contribution >= 0.6 is 11.6 Å². The van der Waals surface area contributed by atoms with E-state index in [2.05, 4.69) is 10.3 Å². The molecule has 0 amide bonds. The van der Waals surface area contributed by atoms with E-state index in [0.717, 1.165) is 11.3 Å². The van der Waals surface area contributed by atoms with Crippen molar-refractivity contribution in [3.8, 4) is 5.69 Å². The maximum absolute atomic E-state index is 11.1. The van der Waals surface area contributed by atoms with E-state index < -0.39 is 5.97 Å². The highest BCUT2D eigenvalue weighted by molar-refractivity contribution is 6.30. The van der Waals surface area contributed by atoms with Crippen molar-refractivity contribution in [3.63, 3.8) is 0 Å². The SMILES string of the molecule is COCc1c(C(=O)O)nnn1-c1ccc(Cl)cc1C. The lowest BCUT2D eigenvalue weighted by Crippen LogP contribution is -2.08. The van der Waals surface area contributed by atoms with Crippen LogP contribution in [-0.2, 0) is 11.3 Å². The van der Waals surface area contributed by atoms with Gasteiger partial charge in [-0.3, -0.25) is 0 Å². The number of aromatic nitrogens is 3. The molecule has 1 N–H and O–H groups in total. The topological polar surface area (TPSA) is 77.2 Å². The third-order valence-corrected chi connectivity index (χ3v) is 2.87. The molecule has 19 heavy (non-hydrogen) atoms. The van der Waals surface area contributed by atoms with E-state index in [1.165, 1.54) is 11.8 Å². The van der Waals surface area contributed by atoms with Gasteiger partial charge in [-0.15, -0.1) is 5.10 Å². The standard InChI is InChI=1S/C12H12ClN3O3/c1-7-5-8(13)3-4-9(7)16-10(6-19-2)11(12(17)18)14-15-16/h3-5H,6H2,1-2H3,(H,17,18). The monoisotopic (exact) mass is 281 g/mol. The third kappa shape index (κ3) is 2.59. The van der Waals surface area contributed by atoms with Gasteiger partial charge in [0.15, 0.2) is 5.69 Å². The second kappa shape index (κ2) is 5.38. The Labute approximate surface area is 114 Å². The first-order valence-corrected chi connectivity index (χ1v) is 5.85. The zero-order chi connectivity index (χ0) is 14.0. The maximum atomic E-state index is 11.1. The molecule has 0 unspecified atom stereocenters. The minimum Gasteiger partial charge on any atom is -0.476 e. The van der Waals surface area contributed by atoms with E-state index in [-0.39, 0.29) is 12.3 Å². The van der Waals surface area contributed by atoms with Crippen LogP contribution in [0.5, 0.6) is 0 Å². The summed E-state index contributed by atoms with van der Waals surface area (Å²) in [5.74, 6) is -1.13. The number of hydrogen-bond donors (Lipinski definition) is 1. The minimum absolute atomic E-state index is 0.108. The number of carboxylic acids is 1. The van der Waals surface area contributed by atoms with Crippen molar-refractivity contribution in [1.82, 2.24) is 15.0 Å². The highest BCUT2D eigenvalue weighted by Gasteiger charge is 2.20. The second-order valence-electron chi connectivity index (χ2n) is 3.97. The highest BCUT2D eigenvalue weighted by atomic mass is 35.5. The normalized spacial score (nSPS) is 10.7. The number of rotatable bonds is 4. The zero-order valence-corrected chi connectivity index (χ0v) is 11.2. The molecule has 6 nitrogen and oxygen atoms in total. The fraction of sp³-hybridized carbons (Fsp3) is 0.250. The van der Waals surface area contributed by atoms with Crippen molar-refractivity contribution in [2.75, 3.05) is 7.11 Å². The number of carboxylic acid groups (broad SMARTS) is 1. The Bertz CT molecular complexity index is 625. The molecule has 0 saturated heterocycles. The lowest BCUT2D eigenvalue weighted by Gasteiger charge is -2.09. The highest BCUT2D eigenvalue weighted by Crippen LogP contribution is 2.21. The van der Waals surface area contributed by atoms with Gasteiger partial charge in [0.05, 0.1) is 12.3 Å². The van der Waals surface area contributed by atoms with Crippen molar-refractivity contribution < 1.29 is 14.6 Å². The number of benzene rings is 1. The smallest absolute Gasteiger partial charge is 0.358 e. The second-order valence-corrected chi connectivity index (χ2v) is 4.40. The van der Waals surface area contributed by atoms with Crippen LogP contribution < -0.4 is 0 Å². The predicted octanol–water partition coefficient (Wildman–Crippen LogP) is 2.07. The molecule has 1 aromatic heterocycles. The van der Waals surface area contributed by atoms with Crippen LogP contribution in [0.3, 0.4) is 0 Å². The summed E-state index contributed by atoms with van der Waals surface area (Å²) < 4.78 is 6.47. The van der Waals surface area contributed by atoms with Crippen LogP contribution in [0.4, 0.5) is 0 Å². The molecule has 1 heterocycles. The molecule has 0 aliphatic heterocycles. The van der Waals surface area contributed by atoms with E-state index in [0.29, 0.717) is 10.7 Å². The molecular weight excluding hydrogens is 270 g/mol. The summed E-state index contributed by atoms with van der Waals surface area (Å²) in [4.78, 5) is 11.1. The first-order valence-electron chi connectivity index (χ1n) is 5.48. The van der Waals surface area contributed by atoms with Crippen LogP contribution in [-0.4, -0.2) is 33.2 Å². The molecular formula is C12H12ClN3O3. The van der Waals surface area contributed by atoms with Gasteiger partial charge in [0.1, 0.15) is 5.69 Å². The molecule has 100 valence electrons. The van der Waals surface area contributed by atoms with Crippen molar-refractivity contribution in [3.05, 3.63) is 40.2 Å². The first kappa shape index (κ1) is 13.5. The quantitative estimate of drug-likeness (QED) is 0.928. The number of aromatic carboxylic acids is 1. The average Bonchev–Trinajstić information content (AvgIpc) is 2.73. The van der Waals surface area contributed by atoms with E-state index >= 15 is 0 Å². The van der Waals surface area contributed by atoms with Gasteiger partial charge in [0, 0.05) is 12.1 Å². The Balaban J connectivity index is 2.58. The summed E-state index contributed by atoms with van der Waals surface area (Å²) in [5, 5.41) is 17.2. The summed E-state index contributed by atoms with van der Waals surface area (Å²) in [7, 11) is 1.48. The largest absolute Gasteiger partial charge is 0.476 e. The summed E-state index contributed by atoms with van der Waals surface area (Å²) >= 11 is 5.90. The molecule has 0 saturated carbocycles. The van der Waals surface area contributed by atoms with Crippen LogP contribution in [0, 0.1) is 6.92 Å². The molecule has 7 heteroatoms. The molecule has 0 bridgehead atoms. The molecule has 0 radical (unpaired) electrons. The van der Waals surface area contributed by atoms with E-state index in [4.69, 9.17) is 21.4 Å². The van der Waals surface area contributed by atoms with E-state index in [1.807, 2.05) is 6.92 Å². The molecule has 0 fully saturated rings. The molecule has 2 aromatic rings. The van der Waals surface area contributed by atoms with Crippen LogP contribution in [0.2, 0.25) is 5.02 Å². The summed E-state index contributed by atoms with van der Waals surface area (Å²) in [6.07, 6.45) is 0. The minimum atomic E-state index is -1.13. The van der Waals surface area contributed by atoms with Crippen molar-refractivity contribution in [2.24, 2.45) is 0 Å². The van der Waals surface area contributed by atoms with Crippen molar-refractivity contribution in [1.29, 1.82) is 0 Å². The van der Waals surface area contributed by atoms with E-state index in [9.17, 15) is 4.79 Å². The van der Waals surface area contributed by atoms with Gasteiger partial charge < -0.3 is 9.84 Å². The predicted molar refractivity (Wildman–Crippen MR) is 68.8 cm³/mol. The van der Waals surface area contributed by atoms with Crippen LogP contribution in [0.25, 0.3) is 5.69 Å². The van der Waals surface area contributed by atoms with Gasteiger partial charge >= 0.3 is 5.97 Å². The zero-order valence-electron chi connectivity index (χ0n) is 10.4. The Kier molecular flexibility index (Phi) is 3.82. The van der Waals surface area contributed by atoms with Gasteiger partial charge in [-0.1, -0.05) is 16.8 Å². The molecule has 0 spiro atoms. The summed E-state index contributed by atoms with van der Waals surface area (Å²) in [5.41, 5.74) is 1.86. The Morgan fingerprint density at radius 3 is 2.84 bits per heavy atom. The Hall–Kier alpha value is -1.92. The molecule has 1 aromatic carbocycles. The molecule has 0 atom stereocenters. The van der Waals surface area contributed by atoms with Crippen LogP contribution in [0.1, 0.15) is 21.7 Å². The van der Waals surface area contributed by atoms with Gasteiger partial charge in [0.25, 0.3) is 0 Å². The van der Waals surface area contributed by atoms with E-state index in [1.54, 1.807) is 18.2 Å². The van der Waals surface area contributed by atoms with Gasteiger partial charge in [-0.2, -0.15) is 0 Å². The summed E-state index contributed by atoms with van der Waals surface area (Å²) in [6.45, 7) is 1.97. The lowest BCUT2D eigenvalue weighted by molar-refractivity contribution is 0.0685. The van der Waals surface area contributed by atoms with Crippen molar-refractivity contribution in [2.45, 2.75) is 13.5 Å². The summed E-state index contributed by atoms with van der Waals surface area (Å²) in [6, 6.07) is 5.25. The average molecular weight is 282 g/mol. The number of hydrogen-bond acceptors (Lipinski definition) is 4. The third-order valence-electron chi connectivity index (χ3n) is 2.63. The fourth-order valence-electron chi connectivity index (χ4n) is 1.78. The lowest BCUT2D eigenvalue weighted by atomic mass is 10.2. The number of halogens is 1.